The third kappa shape index (κ3) is 3.67. The van der Waals surface area contributed by atoms with E-state index >= 15 is 0 Å². The van der Waals surface area contributed by atoms with Gasteiger partial charge in [0.1, 0.15) is 0 Å². The lowest BCUT2D eigenvalue weighted by molar-refractivity contribution is 0.0612. The standard InChI is InChI=1S/C20H34N4/c1-17-12-20(15-21,24-11-7-10-22(3)13-18(24)2)16-23(17)14-19-8-5-4-6-9-19/h4-6,8-9,17-18H,7,10-16,21H2,1-3H3. The zero-order chi connectivity index (χ0) is 17.2. The number of hydrogen-bond acceptors (Lipinski definition) is 4. The Hall–Kier alpha value is -0.940. The van der Waals surface area contributed by atoms with Crippen molar-refractivity contribution in [2.75, 3.05) is 39.8 Å². The summed E-state index contributed by atoms with van der Waals surface area (Å²) in [5.74, 6) is 0. The summed E-state index contributed by atoms with van der Waals surface area (Å²) in [6, 6.07) is 12.0. The van der Waals surface area contributed by atoms with Crippen LogP contribution in [-0.2, 0) is 6.54 Å². The highest BCUT2D eigenvalue weighted by molar-refractivity contribution is 5.16. The highest BCUT2D eigenvalue weighted by Crippen LogP contribution is 2.35. The number of likely N-dealkylation sites (N-methyl/N-ethyl adjacent to an activating group) is 1. The van der Waals surface area contributed by atoms with Crippen LogP contribution < -0.4 is 5.73 Å². The second-order valence-corrected chi connectivity index (χ2v) is 8.03. The minimum Gasteiger partial charge on any atom is -0.329 e. The van der Waals surface area contributed by atoms with Gasteiger partial charge in [-0.2, -0.15) is 0 Å². The lowest BCUT2D eigenvalue weighted by Gasteiger charge is -2.44. The van der Waals surface area contributed by atoms with Crippen molar-refractivity contribution in [2.45, 2.75) is 50.9 Å². The van der Waals surface area contributed by atoms with Gasteiger partial charge >= 0.3 is 0 Å². The summed E-state index contributed by atoms with van der Waals surface area (Å²) in [6.45, 7) is 11.2. The van der Waals surface area contributed by atoms with E-state index in [1.807, 2.05) is 0 Å². The van der Waals surface area contributed by atoms with Gasteiger partial charge in [-0.15, -0.1) is 0 Å². The number of benzene rings is 1. The number of hydrogen-bond donors (Lipinski definition) is 1. The second-order valence-electron chi connectivity index (χ2n) is 8.03. The van der Waals surface area contributed by atoms with Crippen molar-refractivity contribution in [3.63, 3.8) is 0 Å². The largest absolute Gasteiger partial charge is 0.329 e. The maximum Gasteiger partial charge on any atom is 0.0476 e. The minimum atomic E-state index is 0.138. The Morgan fingerprint density at radius 1 is 1.12 bits per heavy atom. The maximum atomic E-state index is 6.38. The van der Waals surface area contributed by atoms with Gasteiger partial charge in [0.25, 0.3) is 0 Å². The average molecular weight is 331 g/mol. The zero-order valence-electron chi connectivity index (χ0n) is 15.6. The molecule has 1 aromatic carbocycles. The molecule has 0 bridgehead atoms. The molecule has 24 heavy (non-hydrogen) atoms. The molecule has 0 amide bonds. The summed E-state index contributed by atoms with van der Waals surface area (Å²) in [4.78, 5) is 7.83. The topological polar surface area (TPSA) is 35.7 Å². The quantitative estimate of drug-likeness (QED) is 0.916. The lowest BCUT2D eigenvalue weighted by Crippen LogP contribution is -2.59. The molecular weight excluding hydrogens is 296 g/mol. The highest BCUT2D eigenvalue weighted by atomic mass is 15.3. The average Bonchev–Trinajstić information content (AvgIpc) is 2.78. The normalized spacial score (nSPS) is 33.7. The van der Waals surface area contributed by atoms with Crippen LogP contribution in [0.5, 0.6) is 0 Å². The van der Waals surface area contributed by atoms with E-state index in [4.69, 9.17) is 5.73 Å². The molecule has 4 heteroatoms. The van der Waals surface area contributed by atoms with Crippen LogP contribution >= 0.6 is 0 Å². The van der Waals surface area contributed by atoms with E-state index in [0.29, 0.717) is 12.1 Å². The Bertz CT molecular complexity index is 520. The molecule has 2 heterocycles. The molecule has 0 spiro atoms. The molecule has 0 aromatic heterocycles. The van der Waals surface area contributed by atoms with Gasteiger partial charge in [-0.1, -0.05) is 30.3 Å². The molecular formula is C20H34N4. The van der Waals surface area contributed by atoms with Crippen LogP contribution in [0.3, 0.4) is 0 Å². The molecule has 2 saturated heterocycles. The van der Waals surface area contributed by atoms with Gasteiger partial charge in [0.05, 0.1) is 0 Å². The van der Waals surface area contributed by atoms with Crippen LogP contribution in [0.15, 0.2) is 30.3 Å². The van der Waals surface area contributed by atoms with Gasteiger partial charge in [-0.25, -0.2) is 0 Å². The molecule has 134 valence electrons. The third-order valence-electron chi connectivity index (χ3n) is 6.06. The third-order valence-corrected chi connectivity index (χ3v) is 6.06. The summed E-state index contributed by atoms with van der Waals surface area (Å²) in [5.41, 5.74) is 7.92. The zero-order valence-corrected chi connectivity index (χ0v) is 15.6. The summed E-state index contributed by atoms with van der Waals surface area (Å²) in [5, 5.41) is 0. The van der Waals surface area contributed by atoms with Crippen LogP contribution in [-0.4, -0.2) is 72.1 Å². The van der Waals surface area contributed by atoms with Crippen LogP contribution in [0.4, 0.5) is 0 Å². The number of likely N-dealkylation sites (tertiary alicyclic amines) is 1. The minimum absolute atomic E-state index is 0.138. The van der Waals surface area contributed by atoms with Crippen molar-refractivity contribution in [2.24, 2.45) is 5.73 Å². The van der Waals surface area contributed by atoms with Crippen molar-refractivity contribution in [1.29, 1.82) is 0 Å². The number of rotatable bonds is 4. The summed E-state index contributed by atoms with van der Waals surface area (Å²) in [7, 11) is 2.24. The molecule has 1 aromatic rings. The highest BCUT2D eigenvalue weighted by Gasteiger charge is 2.47. The van der Waals surface area contributed by atoms with Crippen LogP contribution in [0.2, 0.25) is 0 Å². The van der Waals surface area contributed by atoms with Gasteiger partial charge in [-0.05, 0) is 45.8 Å². The van der Waals surface area contributed by atoms with Gasteiger partial charge in [0.2, 0.25) is 0 Å². The van der Waals surface area contributed by atoms with Crippen molar-refractivity contribution < 1.29 is 0 Å². The molecule has 3 unspecified atom stereocenters. The van der Waals surface area contributed by atoms with E-state index in [1.165, 1.54) is 31.5 Å². The first-order valence-corrected chi connectivity index (χ1v) is 9.47. The van der Waals surface area contributed by atoms with Crippen molar-refractivity contribution in [3.8, 4) is 0 Å². The second kappa shape index (κ2) is 7.52. The fourth-order valence-electron chi connectivity index (χ4n) is 4.86. The summed E-state index contributed by atoms with van der Waals surface area (Å²) >= 11 is 0. The molecule has 2 fully saturated rings. The lowest BCUT2D eigenvalue weighted by atomic mass is 9.92. The summed E-state index contributed by atoms with van der Waals surface area (Å²) < 4.78 is 0. The molecule has 2 aliphatic rings. The Labute approximate surface area is 147 Å². The van der Waals surface area contributed by atoms with E-state index in [9.17, 15) is 0 Å². The first-order valence-electron chi connectivity index (χ1n) is 9.47. The van der Waals surface area contributed by atoms with Crippen LogP contribution in [0.25, 0.3) is 0 Å². The molecule has 3 atom stereocenters. The van der Waals surface area contributed by atoms with Crippen molar-refractivity contribution >= 4 is 0 Å². The van der Waals surface area contributed by atoms with Gasteiger partial charge in [0.15, 0.2) is 0 Å². The van der Waals surface area contributed by atoms with Crippen LogP contribution in [0.1, 0.15) is 32.3 Å². The molecule has 2 N–H and O–H groups in total. The Morgan fingerprint density at radius 3 is 2.58 bits per heavy atom. The van der Waals surface area contributed by atoms with Gasteiger partial charge < -0.3 is 10.6 Å². The molecule has 0 saturated carbocycles. The monoisotopic (exact) mass is 330 g/mol. The molecule has 3 rings (SSSR count). The smallest absolute Gasteiger partial charge is 0.0476 e. The Balaban J connectivity index is 1.75. The van der Waals surface area contributed by atoms with E-state index in [-0.39, 0.29) is 5.54 Å². The van der Waals surface area contributed by atoms with E-state index in [0.717, 1.165) is 26.2 Å². The fraction of sp³-hybridized carbons (Fsp3) is 0.700. The predicted octanol–water partition coefficient (Wildman–Crippen LogP) is 2.00. The first kappa shape index (κ1) is 17.9. The van der Waals surface area contributed by atoms with Gasteiger partial charge in [0, 0.05) is 50.3 Å². The molecule has 0 aliphatic carbocycles. The molecule has 2 aliphatic heterocycles. The number of nitrogens with zero attached hydrogens (tertiary/aromatic N) is 3. The SMILES string of the molecule is CC1CC(CN)(N2CCCN(C)CC2C)CN1Cc1ccccc1. The number of nitrogens with two attached hydrogens (primary N) is 1. The van der Waals surface area contributed by atoms with E-state index in [1.54, 1.807) is 0 Å². The molecule has 4 nitrogen and oxygen atoms in total. The van der Waals surface area contributed by atoms with Crippen molar-refractivity contribution in [3.05, 3.63) is 35.9 Å². The van der Waals surface area contributed by atoms with E-state index < -0.39 is 0 Å². The molecule has 0 radical (unpaired) electrons. The fourth-order valence-corrected chi connectivity index (χ4v) is 4.86. The van der Waals surface area contributed by atoms with E-state index in [2.05, 4.69) is 65.9 Å². The maximum absolute atomic E-state index is 6.38. The Kier molecular flexibility index (Phi) is 5.60. The first-order chi connectivity index (χ1) is 11.5. The Morgan fingerprint density at radius 2 is 1.88 bits per heavy atom. The summed E-state index contributed by atoms with van der Waals surface area (Å²) in [6.07, 6.45) is 2.43. The van der Waals surface area contributed by atoms with Crippen molar-refractivity contribution in [1.82, 2.24) is 14.7 Å². The predicted molar refractivity (Wildman–Crippen MR) is 101 cm³/mol. The van der Waals surface area contributed by atoms with Crippen LogP contribution in [0, 0.1) is 0 Å². The van der Waals surface area contributed by atoms with Gasteiger partial charge in [-0.3, -0.25) is 9.80 Å².